The van der Waals surface area contributed by atoms with E-state index in [1.807, 2.05) is 0 Å². The number of aromatic nitrogens is 4. The Morgan fingerprint density at radius 1 is 1.06 bits per heavy atom. The van der Waals surface area contributed by atoms with E-state index < -0.39 is 18.0 Å². The van der Waals surface area contributed by atoms with Gasteiger partial charge in [0.2, 0.25) is 11.8 Å². The van der Waals surface area contributed by atoms with Crippen LogP contribution in [0.2, 0.25) is 0 Å². The Labute approximate surface area is 192 Å². The molecule has 4 rings (SSSR count). The Morgan fingerprint density at radius 3 is 2.48 bits per heavy atom. The Hall–Kier alpha value is -3.05. The van der Waals surface area contributed by atoms with Crippen LogP contribution in [-0.4, -0.2) is 79.3 Å². The Balaban J connectivity index is 1.41. The zero-order valence-corrected chi connectivity index (χ0v) is 18.8. The molecule has 0 bridgehead atoms. The van der Waals surface area contributed by atoms with Gasteiger partial charge in [-0.25, -0.2) is 9.69 Å². The number of carbonyl (C=O) groups is 4. The molecule has 3 N–H and O–H groups in total. The number of amides is 5. The van der Waals surface area contributed by atoms with E-state index in [2.05, 4.69) is 31.3 Å². The lowest BCUT2D eigenvalue weighted by atomic mass is 9.93. The summed E-state index contributed by atoms with van der Waals surface area (Å²) >= 11 is 0. The standard InChI is InChI=1S/C21H32N8O4/c30-18(10-14-6-4-5-7-14)22-12-19(31)29-16(11-23-21(29)33)20(32)28(13-17-24-26-27-25-17)15-8-2-1-3-9-15/h14-16H,1-13H2,(H,22,30)(H,23,33)(H,24,25,26,27). The summed E-state index contributed by atoms with van der Waals surface area (Å²) in [5.74, 6) is -0.373. The minimum atomic E-state index is -0.967. The van der Waals surface area contributed by atoms with Crippen LogP contribution in [0.1, 0.15) is 70.0 Å². The number of rotatable bonds is 8. The highest BCUT2D eigenvalue weighted by Crippen LogP contribution is 2.27. The molecule has 12 heteroatoms. The molecule has 12 nitrogen and oxygen atoms in total. The third kappa shape index (κ3) is 5.66. The molecule has 2 heterocycles. The molecule has 0 spiro atoms. The highest BCUT2D eigenvalue weighted by molar-refractivity contribution is 6.03. The normalized spacial score (nSPS) is 21.8. The molecule has 1 aliphatic heterocycles. The van der Waals surface area contributed by atoms with Crippen molar-refractivity contribution in [3.05, 3.63) is 5.82 Å². The monoisotopic (exact) mass is 460 g/mol. The molecule has 5 amide bonds. The molecule has 1 unspecified atom stereocenters. The van der Waals surface area contributed by atoms with Crippen LogP contribution in [0.25, 0.3) is 0 Å². The summed E-state index contributed by atoms with van der Waals surface area (Å²) in [4.78, 5) is 53.7. The van der Waals surface area contributed by atoms with Gasteiger partial charge in [-0.05, 0) is 31.6 Å². The zero-order chi connectivity index (χ0) is 23.2. The quantitative estimate of drug-likeness (QED) is 0.510. The number of nitrogens with zero attached hydrogens (tertiary/aromatic N) is 5. The van der Waals surface area contributed by atoms with Gasteiger partial charge in [-0.2, -0.15) is 5.21 Å². The summed E-state index contributed by atoms with van der Waals surface area (Å²) in [6, 6.07) is -1.60. The molecule has 2 aliphatic carbocycles. The van der Waals surface area contributed by atoms with Gasteiger partial charge in [0.05, 0.1) is 13.1 Å². The molecule has 1 saturated heterocycles. The topological polar surface area (TPSA) is 153 Å². The first-order valence-corrected chi connectivity index (χ1v) is 11.9. The van der Waals surface area contributed by atoms with Crippen molar-refractivity contribution < 1.29 is 19.2 Å². The highest BCUT2D eigenvalue weighted by atomic mass is 16.2. The minimum Gasteiger partial charge on any atom is -0.347 e. The van der Waals surface area contributed by atoms with Gasteiger partial charge in [-0.1, -0.05) is 37.3 Å². The number of hydrogen-bond donors (Lipinski definition) is 3. The van der Waals surface area contributed by atoms with Gasteiger partial charge in [-0.15, -0.1) is 10.2 Å². The molecule has 0 radical (unpaired) electrons. The second-order valence-electron chi connectivity index (χ2n) is 9.18. The van der Waals surface area contributed by atoms with Crippen molar-refractivity contribution in [2.45, 2.75) is 82.8 Å². The number of nitrogens with one attached hydrogen (secondary N) is 3. The molecular formula is C21H32N8O4. The van der Waals surface area contributed by atoms with Crippen LogP contribution in [0.5, 0.6) is 0 Å². The van der Waals surface area contributed by atoms with E-state index in [9.17, 15) is 19.2 Å². The fourth-order valence-corrected chi connectivity index (χ4v) is 5.17. The van der Waals surface area contributed by atoms with Crippen molar-refractivity contribution >= 4 is 23.8 Å². The van der Waals surface area contributed by atoms with E-state index in [4.69, 9.17) is 0 Å². The molecule has 2 saturated carbocycles. The summed E-state index contributed by atoms with van der Waals surface area (Å²) in [7, 11) is 0. The fraction of sp³-hybridized carbons (Fsp3) is 0.762. The van der Waals surface area contributed by atoms with E-state index in [1.54, 1.807) is 4.90 Å². The molecule has 1 aromatic heterocycles. The first-order chi connectivity index (χ1) is 16.0. The fourth-order valence-electron chi connectivity index (χ4n) is 5.17. The third-order valence-corrected chi connectivity index (χ3v) is 6.92. The van der Waals surface area contributed by atoms with E-state index in [-0.39, 0.29) is 37.5 Å². The van der Waals surface area contributed by atoms with Crippen molar-refractivity contribution in [3.8, 4) is 0 Å². The Bertz CT molecular complexity index is 848. The lowest BCUT2D eigenvalue weighted by molar-refractivity contribution is -0.144. The van der Waals surface area contributed by atoms with Crippen molar-refractivity contribution in [2.24, 2.45) is 5.92 Å². The molecule has 3 aliphatic rings. The minimum absolute atomic E-state index is 0.0106. The smallest absolute Gasteiger partial charge is 0.325 e. The number of carbonyl (C=O) groups excluding carboxylic acids is 4. The number of aromatic amines is 1. The highest BCUT2D eigenvalue weighted by Gasteiger charge is 2.43. The molecule has 1 aromatic rings. The van der Waals surface area contributed by atoms with Gasteiger partial charge in [0, 0.05) is 19.0 Å². The number of hydrogen-bond acceptors (Lipinski definition) is 7. The van der Waals surface area contributed by atoms with Gasteiger partial charge in [0.25, 0.3) is 5.91 Å². The van der Waals surface area contributed by atoms with Crippen LogP contribution < -0.4 is 10.6 Å². The predicted octanol–water partition coefficient (Wildman–Crippen LogP) is 0.478. The molecule has 0 aromatic carbocycles. The predicted molar refractivity (Wildman–Crippen MR) is 115 cm³/mol. The second kappa shape index (κ2) is 10.7. The molecular weight excluding hydrogens is 428 g/mol. The van der Waals surface area contributed by atoms with Gasteiger partial charge in [-0.3, -0.25) is 14.4 Å². The van der Waals surface area contributed by atoms with Crippen molar-refractivity contribution in [3.63, 3.8) is 0 Å². The van der Waals surface area contributed by atoms with Crippen LogP contribution in [0.15, 0.2) is 0 Å². The van der Waals surface area contributed by atoms with Crippen LogP contribution in [0.4, 0.5) is 4.79 Å². The van der Waals surface area contributed by atoms with Crippen LogP contribution >= 0.6 is 0 Å². The zero-order valence-electron chi connectivity index (χ0n) is 18.8. The van der Waals surface area contributed by atoms with E-state index in [0.29, 0.717) is 18.2 Å². The van der Waals surface area contributed by atoms with Gasteiger partial charge in [0.15, 0.2) is 5.82 Å². The average Bonchev–Trinajstić information content (AvgIpc) is 3.59. The maximum atomic E-state index is 13.6. The van der Waals surface area contributed by atoms with Crippen LogP contribution in [0.3, 0.4) is 0 Å². The molecule has 33 heavy (non-hydrogen) atoms. The second-order valence-corrected chi connectivity index (χ2v) is 9.18. The van der Waals surface area contributed by atoms with E-state index in [1.165, 1.54) is 0 Å². The maximum Gasteiger partial charge on any atom is 0.325 e. The first kappa shape index (κ1) is 23.1. The Morgan fingerprint density at radius 2 is 1.79 bits per heavy atom. The molecule has 180 valence electrons. The summed E-state index contributed by atoms with van der Waals surface area (Å²) in [5.41, 5.74) is 0. The van der Waals surface area contributed by atoms with E-state index in [0.717, 1.165) is 62.7 Å². The summed E-state index contributed by atoms with van der Waals surface area (Å²) < 4.78 is 0. The SMILES string of the molecule is O=C(CC1CCCC1)NCC(=O)N1C(=O)NCC1C(=O)N(Cc1nn[nH]n1)C1CCCCC1. The Kier molecular flexibility index (Phi) is 7.50. The summed E-state index contributed by atoms with van der Waals surface area (Å²) in [6.07, 6.45) is 9.57. The number of urea groups is 1. The lowest BCUT2D eigenvalue weighted by Crippen LogP contribution is -2.54. The first-order valence-electron chi connectivity index (χ1n) is 11.9. The largest absolute Gasteiger partial charge is 0.347 e. The molecule has 3 fully saturated rings. The third-order valence-electron chi connectivity index (χ3n) is 6.92. The molecule has 1 atom stereocenters. The van der Waals surface area contributed by atoms with Gasteiger partial charge in [0.1, 0.15) is 6.04 Å². The van der Waals surface area contributed by atoms with E-state index >= 15 is 0 Å². The van der Waals surface area contributed by atoms with Gasteiger partial charge < -0.3 is 15.5 Å². The van der Waals surface area contributed by atoms with Gasteiger partial charge >= 0.3 is 6.03 Å². The number of H-pyrrole nitrogens is 1. The number of imide groups is 1. The van der Waals surface area contributed by atoms with Crippen molar-refractivity contribution in [2.75, 3.05) is 13.1 Å². The number of tetrazole rings is 1. The maximum absolute atomic E-state index is 13.6. The van der Waals surface area contributed by atoms with Crippen molar-refractivity contribution in [1.82, 2.24) is 41.1 Å². The van der Waals surface area contributed by atoms with Crippen LogP contribution in [0, 0.1) is 5.92 Å². The lowest BCUT2D eigenvalue weighted by Gasteiger charge is -2.36. The average molecular weight is 461 g/mol. The summed E-state index contributed by atoms with van der Waals surface area (Å²) in [6.45, 7) is -0.114. The summed E-state index contributed by atoms with van der Waals surface area (Å²) in [5, 5.41) is 19.1. The van der Waals surface area contributed by atoms with Crippen molar-refractivity contribution in [1.29, 1.82) is 0 Å². The van der Waals surface area contributed by atoms with Crippen LogP contribution in [-0.2, 0) is 20.9 Å².